The van der Waals surface area contributed by atoms with Gasteiger partial charge in [-0.25, -0.2) is 4.79 Å². The Morgan fingerprint density at radius 3 is 2.48 bits per heavy atom. The van der Waals surface area contributed by atoms with Crippen LogP contribution in [-0.2, 0) is 9.63 Å². The average molecular weight is 315 g/mol. The lowest BCUT2D eigenvalue weighted by Crippen LogP contribution is -2.26. The van der Waals surface area contributed by atoms with Gasteiger partial charge in [-0.05, 0) is 43.3 Å². The maximum Gasteiger partial charge on any atom is 0.374 e. The van der Waals surface area contributed by atoms with E-state index in [1.165, 1.54) is 0 Å². The quantitative estimate of drug-likeness (QED) is 0.377. The summed E-state index contributed by atoms with van der Waals surface area (Å²) in [5, 5.41) is 3.57. The third kappa shape index (κ3) is 4.70. The Morgan fingerprint density at radius 1 is 1.17 bits per heavy atom. The van der Waals surface area contributed by atoms with E-state index in [4.69, 9.17) is 20.0 Å². The summed E-state index contributed by atoms with van der Waals surface area (Å²) in [5.74, 6) is 0.549. The van der Waals surface area contributed by atoms with Gasteiger partial charge in [0.25, 0.3) is 0 Å². The van der Waals surface area contributed by atoms with Crippen molar-refractivity contribution in [2.75, 3.05) is 7.11 Å². The van der Waals surface area contributed by atoms with Crippen LogP contribution in [0.3, 0.4) is 0 Å². The second-order valence-corrected chi connectivity index (χ2v) is 4.54. The van der Waals surface area contributed by atoms with Gasteiger partial charge in [-0.1, -0.05) is 11.2 Å². The predicted octanol–water partition coefficient (Wildman–Crippen LogP) is 1.72. The summed E-state index contributed by atoms with van der Waals surface area (Å²) in [5.41, 5.74) is 6.10. The molecule has 0 aliphatic heterocycles. The molecule has 0 bridgehead atoms. The lowest BCUT2D eigenvalue weighted by molar-refractivity contribution is -0.151. The molecule has 1 heterocycles. The Morgan fingerprint density at radius 2 is 1.87 bits per heavy atom. The summed E-state index contributed by atoms with van der Waals surface area (Å²) in [4.78, 5) is 20.6. The SMILES string of the molecule is COc1ccc(OC(C)C(=O)O/N=C(\N)c2ccccn2)cc1. The van der Waals surface area contributed by atoms with Crippen LogP contribution in [0.4, 0.5) is 0 Å². The molecule has 120 valence electrons. The molecular formula is C16H17N3O4. The van der Waals surface area contributed by atoms with Gasteiger partial charge in [-0.15, -0.1) is 0 Å². The fraction of sp³-hybridized carbons (Fsp3) is 0.188. The average Bonchev–Trinajstić information content (AvgIpc) is 2.60. The molecule has 0 aliphatic rings. The van der Waals surface area contributed by atoms with Gasteiger partial charge < -0.3 is 20.0 Å². The van der Waals surface area contributed by atoms with Crippen molar-refractivity contribution < 1.29 is 19.1 Å². The molecule has 23 heavy (non-hydrogen) atoms. The minimum absolute atomic E-state index is 0.00981. The number of pyridine rings is 1. The summed E-state index contributed by atoms with van der Waals surface area (Å²) in [7, 11) is 1.57. The molecule has 1 aromatic carbocycles. The summed E-state index contributed by atoms with van der Waals surface area (Å²) in [6.07, 6.45) is 0.721. The minimum atomic E-state index is -0.844. The Labute approximate surface area is 133 Å². The monoisotopic (exact) mass is 315 g/mol. The number of hydrogen-bond acceptors (Lipinski definition) is 6. The van der Waals surface area contributed by atoms with Gasteiger partial charge in [0, 0.05) is 6.20 Å². The number of rotatable bonds is 6. The van der Waals surface area contributed by atoms with Crippen LogP contribution in [0.15, 0.2) is 53.8 Å². The van der Waals surface area contributed by atoms with E-state index in [-0.39, 0.29) is 5.84 Å². The van der Waals surface area contributed by atoms with Crippen molar-refractivity contribution in [2.45, 2.75) is 13.0 Å². The van der Waals surface area contributed by atoms with Gasteiger partial charge in [-0.2, -0.15) is 0 Å². The van der Waals surface area contributed by atoms with E-state index in [0.29, 0.717) is 17.2 Å². The summed E-state index contributed by atoms with van der Waals surface area (Å²) in [6.45, 7) is 1.55. The first-order valence-electron chi connectivity index (χ1n) is 6.86. The van der Waals surface area contributed by atoms with E-state index in [9.17, 15) is 4.79 Å². The summed E-state index contributed by atoms with van der Waals surface area (Å²) >= 11 is 0. The molecule has 1 aromatic heterocycles. The zero-order chi connectivity index (χ0) is 16.7. The molecule has 0 saturated carbocycles. The van der Waals surface area contributed by atoms with E-state index in [1.807, 2.05) is 0 Å². The highest BCUT2D eigenvalue weighted by atomic mass is 16.7. The zero-order valence-corrected chi connectivity index (χ0v) is 12.8. The smallest absolute Gasteiger partial charge is 0.374 e. The number of nitrogens with two attached hydrogens (primary N) is 1. The van der Waals surface area contributed by atoms with Gasteiger partial charge in [-0.3, -0.25) is 4.98 Å². The number of hydrogen-bond donors (Lipinski definition) is 1. The number of ether oxygens (including phenoxy) is 2. The van der Waals surface area contributed by atoms with Crippen LogP contribution in [0.1, 0.15) is 12.6 Å². The standard InChI is InChI=1S/C16H17N3O4/c1-11(22-13-8-6-12(21-2)7-9-13)16(20)23-19-15(17)14-5-3-4-10-18-14/h3-11H,1-2H3,(H2,17,19). The molecule has 7 heteroatoms. The Balaban J connectivity index is 1.91. The lowest BCUT2D eigenvalue weighted by Gasteiger charge is -2.12. The highest BCUT2D eigenvalue weighted by molar-refractivity contribution is 5.95. The third-order valence-electron chi connectivity index (χ3n) is 2.87. The van der Waals surface area contributed by atoms with Crippen molar-refractivity contribution in [1.82, 2.24) is 4.98 Å². The van der Waals surface area contributed by atoms with Crippen LogP contribution in [0, 0.1) is 0 Å². The largest absolute Gasteiger partial charge is 0.497 e. The first-order chi connectivity index (χ1) is 11.1. The maximum atomic E-state index is 11.9. The van der Waals surface area contributed by atoms with Gasteiger partial charge in [0.15, 0.2) is 11.9 Å². The fourth-order valence-corrected chi connectivity index (χ4v) is 1.64. The zero-order valence-electron chi connectivity index (χ0n) is 12.8. The first kappa shape index (κ1) is 16.3. The Bertz CT molecular complexity index is 671. The number of oxime groups is 1. The highest BCUT2D eigenvalue weighted by Crippen LogP contribution is 2.18. The molecule has 2 aromatic rings. The maximum absolute atomic E-state index is 11.9. The number of aromatic nitrogens is 1. The summed E-state index contributed by atoms with van der Waals surface area (Å²) in [6, 6.07) is 12.0. The van der Waals surface area contributed by atoms with Crippen LogP contribution < -0.4 is 15.2 Å². The van der Waals surface area contributed by atoms with Gasteiger partial charge >= 0.3 is 5.97 Å². The van der Waals surface area contributed by atoms with Crippen LogP contribution in [0.5, 0.6) is 11.5 Å². The van der Waals surface area contributed by atoms with Crippen LogP contribution in [0.25, 0.3) is 0 Å². The van der Waals surface area contributed by atoms with Crippen molar-refractivity contribution >= 4 is 11.8 Å². The van der Waals surface area contributed by atoms with Crippen molar-refractivity contribution in [3.63, 3.8) is 0 Å². The molecule has 0 fully saturated rings. The van der Waals surface area contributed by atoms with E-state index < -0.39 is 12.1 Å². The van der Waals surface area contributed by atoms with Crippen LogP contribution >= 0.6 is 0 Å². The minimum Gasteiger partial charge on any atom is -0.497 e. The molecule has 0 amide bonds. The van der Waals surface area contributed by atoms with Crippen molar-refractivity contribution in [2.24, 2.45) is 10.9 Å². The molecule has 0 spiro atoms. The number of amidine groups is 1. The second-order valence-electron chi connectivity index (χ2n) is 4.54. The first-order valence-corrected chi connectivity index (χ1v) is 6.86. The van der Waals surface area contributed by atoms with Crippen molar-refractivity contribution in [1.29, 1.82) is 0 Å². The van der Waals surface area contributed by atoms with Gasteiger partial charge in [0.05, 0.1) is 7.11 Å². The van der Waals surface area contributed by atoms with Crippen molar-refractivity contribution in [3.8, 4) is 11.5 Å². The van der Waals surface area contributed by atoms with Crippen molar-refractivity contribution in [3.05, 3.63) is 54.4 Å². The molecule has 7 nitrogen and oxygen atoms in total. The Kier molecular flexibility index (Phi) is 5.51. The van der Waals surface area contributed by atoms with Gasteiger partial charge in [0.2, 0.25) is 0 Å². The molecule has 1 atom stereocenters. The summed E-state index contributed by atoms with van der Waals surface area (Å²) < 4.78 is 10.5. The fourth-order valence-electron chi connectivity index (χ4n) is 1.64. The van der Waals surface area contributed by atoms with E-state index in [0.717, 1.165) is 0 Å². The van der Waals surface area contributed by atoms with E-state index >= 15 is 0 Å². The van der Waals surface area contributed by atoms with E-state index in [2.05, 4.69) is 10.1 Å². The van der Waals surface area contributed by atoms with Crippen LogP contribution in [0.2, 0.25) is 0 Å². The molecular weight excluding hydrogens is 298 g/mol. The molecule has 1 unspecified atom stereocenters. The number of carbonyl (C=O) groups excluding carboxylic acids is 1. The lowest BCUT2D eigenvalue weighted by atomic mass is 10.3. The second kappa shape index (κ2) is 7.79. The predicted molar refractivity (Wildman–Crippen MR) is 84.1 cm³/mol. The topological polar surface area (TPSA) is 96.0 Å². The number of nitrogens with zero attached hydrogens (tertiary/aromatic N) is 2. The molecule has 2 rings (SSSR count). The number of carbonyl (C=O) groups is 1. The van der Waals surface area contributed by atoms with E-state index in [1.54, 1.807) is 62.7 Å². The highest BCUT2D eigenvalue weighted by Gasteiger charge is 2.17. The number of methoxy groups -OCH3 is 1. The Hall–Kier alpha value is -3.09. The molecule has 0 aliphatic carbocycles. The van der Waals surface area contributed by atoms with Gasteiger partial charge in [0.1, 0.15) is 17.2 Å². The molecule has 2 N–H and O–H groups in total. The van der Waals surface area contributed by atoms with Crippen LogP contribution in [-0.4, -0.2) is 30.0 Å². The molecule has 0 radical (unpaired) electrons. The third-order valence-corrected chi connectivity index (χ3v) is 2.87. The number of benzene rings is 1. The normalized spacial score (nSPS) is 12.3. The molecule has 0 saturated heterocycles.